The van der Waals surface area contributed by atoms with Gasteiger partial charge in [0, 0.05) is 50.7 Å². The van der Waals surface area contributed by atoms with Gasteiger partial charge in [-0.15, -0.1) is 0 Å². The lowest BCUT2D eigenvalue weighted by Gasteiger charge is -2.34. The molecule has 0 bridgehead atoms. The summed E-state index contributed by atoms with van der Waals surface area (Å²) in [5.41, 5.74) is 3.23. The molecule has 0 N–H and O–H groups in total. The summed E-state index contributed by atoms with van der Waals surface area (Å²) in [7, 11) is 0. The van der Waals surface area contributed by atoms with Crippen molar-refractivity contribution in [1.29, 1.82) is 5.26 Å². The van der Waals surface area contributed by atoms with Crippen LogP contribution in [0.25, 0.3) is 11.0 Å². The summed E-state index contributed by atoms with van der Waals surface area (Å²) in [5.74, 6) is -0.311. The monoisotopic (exact) mass is 350 g/mol. The van der Waals surface area contributed by atoms with Crippen molar-refractivity contribution in [2.24, 2.45) is 0 Å². The first-order chi connectivity index (χ1) is 12.7. The second-order valence-corrected chi connectivity index (χ2v) is 6.63. The van der Waals surface area contributed by atoms with Gasteiger partial charge in [-0.2, -0.15) is 5.26 Å². The maximum atomic E-state index is 13.3. The van der Waals surface area contributed by atoms with Crippen molar-refractivity contribution in [2.75, 3.05) is 26.2 Å². The van der Waals surface area contributed by atoms with Crippen LogP contribution < -0.4 is 0 Å². The quantitative estimate of drug-likeness (QED) is 0.723. The molecule has 1 aliphatic heterocycles. The van der Waals surface area contributed by atoms with E-state index >= 15 is 0 Å². The van der Waals surface area contributed by atoms with Crippen LogP contribution in [0.2, 0.25) is 0 Å². The fraction of sp³-hybridized carbons (Fsp3) is 0.300. The van der Waals surface area contributed by atoms with Crippen LogP contribution in [0.1, 0.15) is 16.8 Å². The molecule has 2 heterocycles. The average Bonchev–Trinajstić information content (AvgIpc) is 3.05. The van der Waals surface area contributed by atoms with Crippen molar-refractivity contribution in [3.05, 3.63) is 65.1 Å². The molecule has 1 aliphatic rings. The first-order valence-electron chi connectivity index (χ1n) is 8.69. The Labute approximate surface area is 151 Å². The Bertz CT molecular complexity index is 954. The van der Waals surface area contributed by atoms with Crippen molar-refractivity contribution in [3.63, 3.8) is 0 Å². The SMILES string of the molecule is N#Cc1cccc(CN2CCN(Cc3noc4cc(F)ccc34)CC2)c1. The molecule has 132 valence electrons. The van der Waals surface area contributed by atoms with Crippen LogP contribution in [0, 0.1) is 17.1 Å². The number of nitriles is 1. The van der Waals surface area contributed by atoms with Gasteiger partial charge in [-0.1, -0.05) is 17.3 Å². The van der Waals surface area contributed by atoms with E-state index in [4.69, 9.17) is 9.78 Å². The minimum Gasteiger partial charge on any atom is -0.356 e. The van der Waals surface area contributed by atoms with Gasteiger partial charge in [0.15, 0.2) is 5.58 Å². The van der Waals surface area contributed by atoms with Gasteiger partial charge < -0.3 is 4.52 Å². The predicted octanol–water partition coefficient (Wildman–Crippen LogP) is 3.16. The van der Waals surface area contributed by atoms with Gasteiger partial charge in [0.2, 0.25) is 0 Å². The van der Waals surface area contributed by atoms with E-state index in [2.05, 4.69) is 27.1 Å². The summed E-state index contributed by atoms with van der Waals surface area (Å²) in [6.45, 7) is 5.36. The third kappa shape index (κ3) is 3.59. The van der Waals surface area contributed by atoms with Crippen LogP contribution in [-0.2, 0) is 13.1 Å². The number of nitrogens with zero attached hydrogens (tertiary/aromatic N) is 4. The highest BCUT2D eigenvalue weighted by molar-refractivity contribution is 5.79. The zero-order chi connectivity index (χ0) is 17.9. The Balaban J connectivity index is 1.35. The average molecular weight is 350 g/mol. The van der Waals surface area contributed by atoms with E-state index in [1.54, 1.807) is 6.07 Å². The highest BCUT2D eigenvalue weighted by Gasteiger charge is 2.19. The van der Waals surface area contributed by atoms with Crippen LogP contribution in [0.3, 0.4) is 0 Å². The fourth-order valence-electron chi connectivity index (χ4n) is 3.39. The number of fused-ring (bicyclic) bond motifs is 1. The summed E-state index contributed by atoms with van der Waals surface area (Å²) in [4.78, 5) is 4.73. The van der Waals surface area contributed by atoms with E-state index in [-0.39, 0.29) is 5.82 Å². The van der Waals surface area contributed by atoms with E-state index in [9.17, 15) is 4.39 Å². The number of halogens is 1. The minimum atomic E-state index is -0.311. The van der Waals surface area contributed by atoms with E-state index in [0.717, 1.165) is 43.8 Å². The van der Waals surface area contributed by atoms with Crippen molar-refractivity contribution >= 4 is 11.0 Å². The maximum absolute atomic E-state index is 13.3. The molecule has 0 spiro atoms. The zero-order valence-corrected chi connectivity index (χ0v) is 14.4. The summed E-state index contributed by atoms with van der Waals surface area (Å²) >= 11 is 0. The van der Waals surface area contributed by atoms with Crippen molar-refractivity contribution in [2.45, 2.75) is 13.1 Å². The summed E-state index contributed by atoms with van der Waals surface area (Å²) in [6.07, 6.45) is 0. The number of benzene rings is 2. The Morgan fingerprint density at radius 1 is 1.04 bits per heavy atom. The molecule has 3 aromatic rings. The molecule has 1 saturated heterocycles. The lowest BCUT2D eigenvalue weighted by atomic mass is 10.1. The third-order valence-corrected chi connectivity index (χ3v) is 4.81. The molecule has 4 rings (SSSR count). The van der Waals surface area contributed by atoms with Gasteiger partial charge in [0.05, 0.1) is 11.6 Å². The zero-order valence-electron chi connectivity index (χ0n) is 14.4. The first-order valence-corrected chi connectivity index (χ1v) is 8.69. The molecule has 1 aromatic heterocycles. The minimum absolute atomic E-state index is 0.311. The predicted molar refractivity (Wildman–Crippen MR) is 95.7 cm³/mol. The summed E-state index contributed by atoms with van der Waals surface area (Å²) in [5, 5.41) is 14.0. The second-order valence-electron chi connectivity index (χ2n) is 6.63. The third-order valence-electron chi connectivity index (χ3n) is 4.81. The van der Waals surface area contributed by atoms with Gasteiger partial charge in [0.1, 0.15) is 11.5 Å². The lowest BCUT2D eigenvalue weighted by molar-refractivity contribution is 0.120. The Morgan fingerprint density at radius 3 is 2.58 bits per heavy atom. The number of rotatable bonds is 4. The molecule has 5 nitrogen and oxygen atoms in total. The summed E-state index contributed by atoms with van der Waals surface area (Å²) < 4.78 is 18.5. The normalized spacial score (nSPS) is 16.0. The second kappa shape index (κ2) is 7.24. The first kappa shape index (κ1) is 16.7. The number of piperazine rings is 1. The van der Waals surface area contributed by atoms with E-state index in [1.807, 2.05) is 18.2 Å². The van der Waals surface area contributed by atoms with Crippen LogP contribution >= 0.6 is 0 Å². The van der Waals surface area contributed by atoms with Crippen molar-refractivity contribution in [3.8, 4) is 6.07 Å². The number of hydrogen-bond donors (Lipinski definition) is 0. The molecular formula is C20H19FN4O. The Hall–Kier alpha value is -2.75. The van der Waals surface area contributed by atoms with Crippen LogP contribution in [0.4, 0.5) is 4.39 Å². The van der Waals surface area contributed by atoms with Crippen molar-refractivity contribution in [1.82, 2.24) is 15.0 Å². The highest BCUT2D eigenvalue weighted by Crippen LogP contribution is 2.21. The standard InChI is InChI=1S/C20H19FN4O/c21-17-4-5-18-19(23-26-20(18)11-17)14-25-8-6-24(7-9-25)13-16-3-1-2-15(10-16)12-22/h1-5,10-11H,6-9,13-14H2. The molecule has 6 heteroatoms. The summed E-state index contributed by atoms with van der Waals surface area (Å²) in [6, 6.07) is 14.5. The molecule has 0 amide bonds. The molecule has 0 aliphatic carbocycles. The van der Waals surface area contributed by atoms with Gasteiger partial charge in [-0.05, 0) is 29.8 Å². The van der Waals surface area contributed by atoms with E-state index in [0.29, 0.717) is 17.7 Å². The smallest absolute Gasteiger partial charge is 0.170 e. The molecule has 2 aromatic carbocycles. The molecule has 26 heavy (non-hydrogen) atoms. The lowest BCUT2D eigenvalue weighted by Crippen LogP contribution is -2.45. The molecule has 1 fully saturated rings. The van der Waals surface area contributed by atoms with Crippen molar-refractivity contribution < 1.29 is 8.91 Å². The van der Waals surface area contributed by atoms with E-state index in [1.165, 1.54) is 17.7 Å². The van der Waals surface area contributed by atoms with Crippen LogP contribution in [0.5, 0.6) is 0 Å². The van der Waals surface area contributed by atoms with E-state index < -0.39 is 0 Å². The largest absolute Gasteiger partial charge is 0.356 e. The molecule has 0 unspecified atom stereocenters. The number of aromatic nitrogens is 1. The molecule has 0 atom stereocenters. The Kier molecular flexibility index (Phi) is 4.65. The molecule has 0 saturated carbocycles. The van der Waals surface area contributed by atoms with Gasteiger partial charge >= 0.3 is 0 Å². The highest BCUT2D eigenvalue weighted by atomic mass is 19.1. The molecular weight excluding hydrogens is 331 g/mol. The van der Waals surface area contributed by atoms with Crippen LogP contribution in [-0.4, -0.2) is 41.1 Å². The Morgan fingerprint density at radius 2 is 1.81 bits per heavy atom. The van der Waals surface area contributed by atoms with Crippen LogP contribution in [0.15, 0.2) is 47.0 Å². The molecule has 0 radical (unpaired) electrons. The number of hydrogen-bond acceptors (Lipinski definition) is 5. The van der Waals surface area contributed by atoms with Gasteiger partial charge in [-0.3, -0.25) is 9.80 Å². The van der Waals surface area contributed by atoms with Gasteiger partial charge in [-0.25, -0.2) is 4.39 Å². The fourth-order valence-corrected chi connectivity index (χ4v) is 3.39. The topological polar surface area (TPSA) is 56.3 Å². The maximum Gasteiger partial charge on any atom is 0.170 e. The van der Waals surface area contributed by atoms with Gasteiger partial charge in [0.25, 0.3) is 0 Å².